The molecule has 0 bridgehead atoms. The Morgan fingerprint density at radius 3 is 2.29 bits per heavy atom. The van der Waals surface area contributed by atoms with E-state index < -0.39 is 10.0 Å². The molecule has 2 rings (SSSR count). The Labute approximate surface area is 130 Å². The summed E-state index contributed by atoms with van der Waals surface area (Å²) in [7, 11) is -0.450. The van der Waals surface area contributed by atoms with E-state index in [9.17, 15) is 8.42 Å². The van der Waals surface area contributed by atoms with Crippen molar-refractivity contribution in [3.63, 3.8) is 0 Å². The summed E-state index contributed by atoms with van der Waals surface area (Å²) in [5.74, 6) is 0.282. The van der Waals surface area contributed by atoms with Crippen molar-refractivity contribution in [2.45, 2.75) is 29.9 Å². The van der Waals surface area contributed by atoms with Crippen molar-refractivity contribution >= 4 is 21.6 Å². The van der Waals surface area contributed by atoms with Crippen LogP contribution in [-0.4, -0.2) is 52.2 Å². The van der Waals surface area contributed by atoms with Gasteiger partial charge in [-0.15, -0.1) is 11.6 Å². The van der Waals surface area contributed by atoms with E-state index in [1.54, 1.807) is 33.3 Å². The van der Waals surface area contributed by atoms with E-state index in [1.807, 2.05) is 6.07 Å². The van der Waals surface area contributed by atoms with Gasteiger partial charge in [0, 0.05) is 33.2 Å². The second kappa shape index (κ2) is 6.62. The molecular formula is C14H20ClNO4S. The van der Waals surface area contributed by atoms with Crippen LogP contribution in [0.15, 0.2) is 23.1 Å². The van der Waals surface area contributed by atoms with Crippen molar-refractivity contribution in [3.8, 4) is 0 Å². The molecular weight excluding hydrogens is 314 g/mol. The molecule has 0 spiro atoms. The summed E-state index contributed by atoms with van der Waals surface area (Å²) in [6.07, 6.45) is -0.498. The zero-order valence-electron chi connectivity index (χ0n) is 12.4. The maximum Gasteiger partial charge on any atom is 0.243 e. The number of halogens is 1. The topological polar surface area (TPSA) is 55.8 Å². The normalized spacial score (nSPS) is 23.6. The van der Waals surface area contributed by atoms with E-state index in [4.69, 9.17) is 21.1 Å². The number of nitrogens with zero attached hydrogens (tertiary/aromatic N) is 1. The van der Waals surface area contributed by atoms with E-state index in [0.29, 0.717) is 23.5 Å². The van der Waals surface area contributed by atoms with Gasteiger partial charge in [-0.1, -0.05) is 12.1 Å². The van der Waals surface area contributed by atoms with E-state index in [-0.39, 0.29) is 18.1 Å². The Bertz CT molecular complexity index is 593. The number of ether oxygens (including phenoxy) is 2. The number of alkyl halides is 1. The molecule has 0 radical (unpaired) electrons. The van der Waals surface area contributed by atoms with Gasteiger partial charge in [0.15, 0.2) is 0 Å². The highest BCUT2D eigenvalue weighted by atomic mass is 35.5. The van der Waals surface area contributed by atoms with E-state index in [2.05, 4.69) is 0 Å². The SMILES string of the molecule is COC1CN(S(=O)(=O)c2cc(CCl)ccc2C)CC1OC. The van der Waals surface area contributed by atoms with Gasteiger partial charge in [0.2, 0.25) is 10.0 Å². The third kappa shape index (κ3) is 3.24. The van der Waals surface area contributed by atoms with Crippen molar-refractivity contribution in [3.05, 3.63) is 29.3 Å². The molecule has 1 aromatic rings. The number of hydrogen-bond acceptors (Lipinski definition) is 4. The molecule has 0 saturated carbocycles. The summed E-state index contributed by atoms with van der Waals surface area (Å²) in [4.78, 5) is 0.298. The molecule has 1 saturated heterocycles. The van der Waals surface area contributed by atoms with Crippen LogP contribution >= 0.6 is 11.6 Å². The lowest BCUT2D eigenvalue weighted by Crippen LogP contribution is -2.30. The van der Waals surface area contributed by atoms with Crippen LogP contribution < -0.4 is 0 Å². The summed E-state index contributed by atoms with van der Waals surface area (Å²) < 4.78 is 37.6. The number of aryl methyl sites for hydroxylation is 1. The predicted octanol–water partition coefficient (Wildman–Crippen LogP) is 1.77. The predicted molar refractivity (Wildman–Crippen MR) is 81.1 cm³/mol. The van der Waals surface area contributed by atoms with Crippen LogP contribution in [-0.2, 0) is 25.4 Å². The lowest BCUT2D eigenvalue weighted by Gasteiger charge is -2.18. The molecule has 0 aliphatic carbocycles. The second-order valence-corrected chi connectivity index (χ2v) is 7.28. The van der Waals surface area contributed by atoms with Crippen LogP contribution in [0.25, 0.3) is 0 Å². The maximum absolute atomic E-state index is 12.8. The standard InChI is InChI=1S/C14H20ClNO4S/c1-10-4-5-11(7-15)6-14(10)21(17,18)16-8-12(19-2)13(9-16)20-3/h4-6,12-13H,7-9H2,1-3H3. The first-order valence-corrected chi connectivity index (χ1v) is 8.62. The minimum absolute atomic E-state index is 0.249. The van der Waals surface area contributed by atoms with Crippen LogP contribution in [0.2, 0.25) is 0 Å². The maximum atomic E-state index is 12.8. The first-order chi connectivity index (χ1) is 9.93. The number of benzene rings is 1. The van der Waals surface area contributed by atoms with Gasteiger partial charge in [-0.3, -0.25) is 0 Å². The van der Waals surface area contributed by atoms with Crippen LogP contribution in [0, 0.1) is 6.92 Å². The third-order valence-electron chi connectivity index (χ3n) is 3.81. The van der Waals surface area contributed by atoms with Crippen molar-refractivity contribution in [2.75, 3.05) is 27.3 Å². The zero-order chi connectivity index (χ0) is 15.6. The Kier molecular flexibility index (Phi) is 5.27. The van der Waals surface area contributed by atoms with Gasteiger partial charge >= 0.3 is 0 Å². The van der Waals surface area contributed by atoms with Gasteiger partial charge in [0.1, 0.15) is 0 Å². The molecule has 5 nitrogen and oxygen atoms in total. The number of methoxy groups -OCH3 is 2. The van der Waals surface area contributed by atoms with Crippen molar-refractivity contribution in [1.82, 2.24) is 4.31 Å². The highest BCUT2D eigenvalue weighted by Crippen LogP contribution is 2.27. The Balaban J connectivity index is 2.35. The summed E-state index contributed by atoms with van der Waals surface area (Å²) in [6, 6.07) is 5.25. The molecule has 0 aromatic heterocycles. The summed E-state index contributed by atoms with van der Waals surface area (Å²) in [5, 5.41) is 0. The third-order valence-corrected chi connectivity index (χ3v) is 6.09. The van der Waals surface area contributed by atoms with Crippen molar-refractivity contribution in [2.24, 2.45) is 0 Å². The van der Waals surface area contributed by atoms with Crippen LogP contribution in [0.1, 0.15) is 11.1 Å². The Morgan fingerprint density at radius 1 is 1.24 bits per heavy atom. The average Bonchev–Trinajstić information content (AvgIpc) is 2.91. The second-order valence-electron chi connectivity index (χ2n) is 5.10. The lowest BCUT2D eigenvalue weighted by molar-refractivity contribution is -0.00461. The molecule has 0 N–H and O–H groups in total. The van der Waals surface area contributed by atoms with E-state index in [0.717, 1.165) is 5.56 Å². The molecule has 7 heteroatoms. The largest absolute Gasteiger partial charge is 0.377 e. The Morgan fingerprint density at radius 2 is 1.81 bits per heavy atom. The average molecular weight is 334 g/mol. The smallest absolute Gasteiger partial charge is 0.243 e. The van der Waals surface area contributed by atoms with Gasteiger partial charge in [0.25, 0.3) is 0 Å². The first kappa shape index (κ1) is 16.7. The van der Waals surface area contributed by atoms with Gasteiger partial charge in [-0.25, -0.2) is 8.42 Å². The van der Waals surface area contributed by atoms with Crippen molar-refractivity contribution in [1.29, 1.82) is 0 Å². The molecule has 1 aliphatic rings. The van der Waals surface area contributed by atoms with Crippen LogP contribution in [0.3, 0.4) is 0 Å². The van der Waals surface area contributed by atoms with Gasteiger partial charge in [0.05, 0.1) is 17.1 Å². The van der Waals surface area contributed by atoms with Crippen LogP contribution in [0.4, 0.5) is 0 Å². The molecule has 2 unspecified atom stereocenters. The van der Waals surface area contributed by atoms with Crippen LogP contribution in [0.5, 0.6) is 0 Å². The molecule has 1 aromatic carbocycles. The monoisotopic (exact) mass is 333 g/mol. The lowest BCUT2D eigenvalue weighted by atomic mass is 10.2. The fourth-order valence-corrected chi connectivity index (χ4v) is 4.41. The minimum Gasteiger partial charge on any atom is -0.377 e. The number of rotatable bonds is 5. The molecule has 1 fully saturated rings. The first-order valence-electron chi connectivity index (χ1n) is 6.65. The molecule has 2 atom stereocenters. The highest BCUT2D eigenvalue weighted by Gasteiger charge is 2.40. The quantitative estimate of drug-likeness (QED) is 0.771. The van der Waals surface area contributed by atoms with E-state index in [1.165, 1.54) is 4.31 Å². The minimum atomic E-state index is -3.57. The molecule has 0 amide bonds. The zero-order valence-corrected chi connectivity index (χ0v) is 13.9. The summed E-state index contributed by atoms with van der Waals surface area (Å²) in [5.41, 5.74) is 1.49. The fraction of sp³-hybridized carbons (Fsp3) is 0.571. The highest BCUT2D eigenvalue weighted by molar-refractivity contribution is 7.89. The van der Waals surface area contributed by atoms with Gasteiger partial charge < -0.3 is 9.47 Å². The fourth-order valence-electron chi connectivity index (χ4n) is 2.50. The van der Waals surface area contributed by atoms with Gasteiger partial charge in [-0.2, -0.15) is 4.31 Å². The molecule has 1 aliphatic heterocycles. The van der Waals surface area contributed by atoms with E-state index >= 15 is 0 Å². The van der Waals surface area contributed by atoms with Crippen molar-refractivity contribution < 1.29 is 17.9 Å². The molecule has 21 heavy (non-hydrogen) atoms. The Hall–Kier alpha value is -0.660. The number of sulfonamides is 1. The molecule has 118 valence electrons. The number of hydrogen-bond donors (Lipinski definition) is 0. The summed E-state index contributed by atoms with van der Waals surface area (Å²) in [6.45, 7) is 2.37. The summed E-state index contributed by atoms with van der Waals surface area (Å²) >= 11 is 5.80. The molecule has 1 heterocycles. The van der Waals surface area contributed by atoms with Gasteiger partial charge in [-0.05, 0) is 24.1 Å².